The van der Waals surface area contributed by atoms with Gasteiger partial charge in [-0.25, -0.2) is 5.11 Å². The first-order valence-electron chi connectivity index (χ1n) is 2.68. The number of hydrogen-bond donors (Lipinski definition) is 0. The van der Waals surface area contributed by atoms with Gasteiger partial charge in [0.2, 0.25) is 0 Å². The van der Waals surface area contributed by atoms with Crippen LogP contribution in [0.15, 0.2) is 0 Å². The number of hydrogen-bond acceptors (Lipinski definition) is 0. The molecule has 0 aliphatic carbocycles. The third-order valence-electron chi connectivity index (χ3n) is 1.12. The summed E-state index contributed by atoms with van der Waals surface area (Å²) in [6.45, 7) is 3.72. The first-order valence-corrected chi connectivity index (χ1v) is 2.68. The van der Waals surface area contributed by atoms with Crippen LogP contribution in [0.25, 0.3) is 0 Å². The molecule has 0 aromatic heterocycles. The minimum atomic E-state index is -0.193. The van der Waals surface area contributed by atoms with E-state index >= 15 is 0 Å². The molecular formula is C7H11O. The van der Waals surface area contributed by atoms with Gasteiger partial charge in [0.1, 0.15) is 0 Å². The van der Waals surface area contributed by atoms with Crippen molar-refractivity contribution in [2.75, 3.05) is 6.61 Å². The summed E-state index contributed by atoms with van der Waals surface area (Å²) in [4.78, 5) is 0. The summed E-state index contributed by atoms with van der Waals surface area (Å²) in [5.74, 6) is 2.54. The van der Waals surface area contributed by atoms with E-state index in [4.69, 9.17) is 6.42 Å². The molecular weight excluding hydrogens is 100 g/mol. The largest absolute Gasteiger partial charge is 0.237 e. The van der Waals surface area contributed by atoms with E-state index in [-0.39, 0.29) is 12.0 Å². The first-order chi connectivity index (χ1) is 3.62. The molecule has 45 valence electrons. The summed E-state index contributed by atoms with van der Waals surface area (Å²) in [7, 11) is 0. The van der Waals surface area contributed by atoms with Crippen molar-refractivity contribution >= 4 is 0 Å². The normalized spacial score (nSPS) is 10.8. The highest BCUT2D eigenvalue weighted by atomic mass is 16.3. The van der Waals surface area contributed by atoms with E-state index in [0.717, 1.165) is 0 Å². The topological polar surface area (TPSA) is 19.9 Å². The lowest BCUT2D eigenvalue weighted by atomic mass is 9.91. The van der Waals surface area contributed by atoms with Gasteiger partial charge >= 0.3 is 0 Å². The Bertz CT molecular complexity index is 97.4. The van der Waals surface area contributed by atoms with Crippen LogP contribution in [0.4, 0.5) is 0 Å². The molecule has 1 nitrogen and oxygen atoms in total. The lowest BCUT2D eigenvalue weighted by Gasteiger charge is -2.13. The highest BCUT2D eigenvalue weighted by Gasteiger charge is 2.11. The molecule has 0 unspecified atom stereocenters. The highest BCUT2D eigenvalue weighted by molar-refractivity contribution is 4.99. The molecule has 0 aliphatic rings. The molecule has 0 aromatic carbocycles. The van der Waals surface area contributed by atoms with Crippen LogP contribution in [0, 0.1) is 17.8 Å². The summed E-state index contributed by atoms with van der Waals surface area (Å²) in [6, 6.07) is 0. The molecule has 1 radical (unpaired) electrons. The molecule has 0 N–H and O–H groups in total. The summed E-state index contributed by atoms with van der Waals surface area (Å²) < 4.78 is 0. The Morgan fingerprint density at radius 2 is 2.12 bits per heavy atom. The van der Waals surface area contributed by atoms with E-state index in [1.54, 1.807) is 0 Å². The van der Waals surface area contributed by atoms with Crippen LogP contribution in [-0.2, 0) is 5.11 Å². The van der Waals surface area contributed by atoms with E-state index in [2.05, 4.69) is 5.92 Å². The second-order valence-electron chi connectivity index (χ2n) is 2.48. The van der Waals surface area contributed by atoms with E-state index in [9.17, 15) is 5.11 Å². The van der Waals surface area contributed by atoms with Crippen molar-refractivity contribution < 1.29 is 5.11 Å². The van der Waals surface area contributed by atoms with Gasteiger partial charge in [-0.1, -0.05) is 0 Å². The molecule has 0 saturated heterocycles. The van der Waals surface area contributed by atoms with Gasteiger partial charge in [0.05, 0.1) is 6.61 Å². The van der Waals surface area contributed by atoms with Crippen LogP contribution in [-0.4, -0.2) is 6.61 Å². The standard InChI is InChI=1S/C7H11O/c1-4-7(2,3)5-6-8/h1H,5-6H2,2-3H3. The Balaban J connectivity index is 3.59. The van der Waals surface area contributed by atoms with Gasteiger partial charge in [0, 0.05) is 5.41 Å². The summed E-state index contributed by atoms with van der Waals surface area (Å²) in [5.41, 5.74) is -0.193. The van der Waals surface area contributed by atoms with Gasteiger partial charge in [-0.05, 0) is 20.3 Å². The smallest absolute Gasteiger partial charge is 0.0836 e. The minimum absolute atomic E-state index is 0.0722. The molecule has 0 rings (SSSR count). The molecule has 0 aromatic rings. The van der Waals surface area contributed by atoms with Crippen molar-refractivity contribution in [1.82, 2.24) is 0 Å². The Hall–Kier alpha value is -0.480. The van der Waals surface area contributed by atoms with Crippen molar-refractivity contribution in [3.05, 3.63) is 0 Å². The molecule has 8 heavy (non-hydrogen) atoms. The van der Waals surface area contributed by atoms with E-state index in [1.165, 1.54) is 0 Å². The van der Waals surface area contributed by atoms with Gasteiger partial charge in [0.15, 0.2) is 0 Å². The van der Waals surface area contributed by atoms with Crippen molar-refractivity contribution in [1.29, 1.82) is 0 Å². The molecule has 0 bridgehead atoms. The predicted molar refractivity (Wildman–Crippen MR) is 32.8 cm³/mol. The molecule has 0 atom stereocenters. The third kappa shape index (κ3) is 2.65. The summed E-state index contributed by atoms with van der Waals surface area (Å²) in [5, 5.41) is 10.0. The fourth-order valence-corrected chi connectivity index (χ4v) is 0.327. The summed E-state index contributed by atoms with van der Waals surface area (Å²) in [6.07, 6.45) is 5.68. The van der Waals surface area contributed by atoms with E-state index in [1.807, 2.05) is 13.8 Å². The zero-order chi connectivity index (χ0) is 6.62. The molecule has 0 spiro atoms. The van der Waals surface area contributed by atoms with Gasteiger partial charge in [-0.3, -0.25) is 0 Å². The minimum Gasteiger partial charge on any atom is -0.237 e. The van der Waals surface area contributed by atoms with Crippen LogP contribution < -0.4 is 0 Å². The zero-order valence-corrected chi connectivity index (χ0v) is 5.40. The Kier molecular flexibility index (Phi) is 2.57. The van der Waals surface area contributed by atoms with Crippen LogP contribution in [0.2, 0.25) is 0 Å². The zero-order valence-electron chi connectivity index (χ0n) is 5.40. The monoisotopic (exact) mass is 111 g/mol. The first kappa shape index (κ1) is 7.52. The number of terminal acetylenes is 1. The average Bonchev–Trinajstić information content (AvgIpc) is 1.67. The molecule has 0 saturated carbocycles. The fraction of sp³-hybridized carbons (Fsp3) is 0.714. The lowest BCUT2D eigenvalue weighted by Crippen LogP contribution is -2.08. The van der Waals surface area contributed by atoms with Gasteiger partial charge in [-0.15, -0.1) is 12.3 Å². The second kappa shape index (κ2) is 2.74. The molecule has 0 amide bonds. The van der Waals surface area contributed by atoms with Gasteiger partial charge in [-0.2, -0.15) is 0 Å². The molecule has 0 fully saturated rings. The highest BCUT2D eigenvalue weighted by Crippen LogP contribution is 2.16. The van der Waals surface area contributed by atoms with E-state index < -0.39 is 0 Å². The molecule has 1 heteroatoms. The molecule has 0 heterocycles. The fourth-order valence-electron chi connectivity index (χ4n) is 0.327. The molecule has 0 aliphatic heterocycles. The van der Waals surface area contributed by atoms with Gasteiger partial charge in [0.25, 0.3) is 0 Å². The summed E-state index contributed by atoms with van der Waals surface area (Å²) >= 11 is 0. The Morgan fingerprint density at radius 1 is 1.62 bits per heavy atom. The van der Waals surface area contributed by atoms with Crippen LogP contribution in [0.3, 0.4) is 0 Å². The lowest BCUT2D eigenvalue weighted by molar-refractivity contribution is 0.163. The predicted octanol–water partition coefficient (Wildman–Crippen LogP) is 1.47. The van der Waals surface area contributed by atoms with E-state index in [0.29, 0.717) is 6.42 Å². The van der Waals surface area contributed by atoms with Crippen LogP contribution in [0.1, 0.15) is 20.3 Å². The maximum Gasteiger partial charge on any atom is 0.0836 e. The van der Waals surface area contributed by atoms with Crippen molar-refractivity contribution in [2.24, 2.45) is 5.41 Å². The van der Waals surface area contributed by atoms with Crippen LogP contribution in [0.5, 0.6) is 0 Å². The maximum atomic E-state index is 10.0. The second-order valence-corrected chi connectivity index (χ2v) is 2.48. The average molecular weight is 111 g/mol. The SMILES string of the molecule is C#CC(C)(C)CC[O]. The Morgan fingerprint density at radius 3 is 2.25 bits per heavy atom. The van der Waals surface area contributed by atoms with Crippen molar-refractivity contribution in [2.45, 2.75) is 20.3 Å². The van der Waals surface area contributed by atoms with Gasteiger partial charge < -0.3 is 0 Å². The Labute approximate surface area is 50.7 Å². The third-order valence-corrected chi connectivity index (χ3v) is 1.12. The maximum absolute atomic E-state index is 10.0. The van der Waals surface area contributed by atoms with Crippen molar-refractivity contribution in [3.8, 4) is 12.3 Å². The quantitative estimate of drug-likeness (QED) is 0.481. The van der Waals surface area contributed by atoms with Crippen LogP contribution >= 0.6 is 0 Å². The van der Waals surface area contributed by atoms with Crippen molar-refractivity contribution in [3.63, 3.8) is 0 Å². The number of rotatable bonds is 2.